The Morgan fingerprint density at radius 3 is 2.37 bits per heavy atom. The van der Waals surface area contributed by atoms with Gasteiger partial charge in [-0.1, -0.05) is 33.6 Å². The first-order valence-electron chi connectivity index (χ1n) is 7.57. The summed E-state index contributed by atoms with van der Waals surface area (Å²) in [6.45, 7) is 7.46. The van der Waals surface area contributed by atoms with Crippen LogP contribution in [0.2, 0.25) is 0 Å². The molecule has 1 N–H and O–H groups in total. The first-order valence-corrected chi connectivity index (χ1v) is 7.57. The van der Waals surface area contributed by atoms with E-state index in [1.165, 1.54) is 6.20 Å². The van der Waals surface area contributed by atoms with Gasteiger partial charge in [-0.2, -0.15) is 0 Å². The van der Waals surface area contributed by atoms with Crippen LogP contribution in [-0.4, -0.2) is 11.5 Å². The monoisotopic (exact) mass is 266 g/mol. The highest BCUT2D eigenvalue weighted by Gasteiger charge is 2.23. The summed E-state index contributed by atoms with van der Waals surface area (Å²) in [5.74, 6) is 0.312. The van der Waals surface area contributed by atoms with Gasteiger partial charge in [0.25, 0.3) is 0 Å². The highest BCUT2D eigenvalue weighted by Crippen LogP contribution is 2.30. The third-order valence-corrected chi connectivity index (χ3v) is 3.54. The van der Waals surface area contributed by atoms with E-state index in [1.807, 2.05) is 6.07 Å². The molecule has 1 aromatic heterocycles. The van der Waals surface area contributed by atoms with Gasteiger partial charge < -0.3 is 5.32 Å². The molecule has 0 amide bonds. The van der Waals surface area contributed by atoms with E-state index in [9.17, 15) is 4.39 Å². The van der Waals surface area contributed by atoms with Crippen LogP contribution in [0, 0.1) is 11.7 Å². The average Bonchev–Trinajstić information content (AvgIpc) is 2.41. The number of rotatable bonds is 9. The van der Waals surface area contributed by atoms with Gasteiger partial charge in [-0.25, -0.2) is 4.39 Å². The van der Waals surface area contributed by atoms with Gasteiger partial charge in [-0.3, -0.25) is 4.98 Å². The lowest BCUT2D eigenvalue weighted by atomic mass is 9.86. The summed E-state index contributed by atoms with van der Waals surface area (Å²) in [6.07, 6.45) is 8.63. The molecule has 1 heterocycles. The second-order valence-electron chi connectivity index (χ2n) is 5.17. The number of halogens is 1. The minimum absolute atomic E-state index is 0.114. The lowest BCUT2D eigenvalue weighted by molar-refractivity contribution is 0.309. The molecule has 108 valence electrons. The smallest absolute Gasteiger partial charge is 0.146 e. The van der Waals surface area contributed by atoms with Crippen molar-refractivity contribution in [3.05, 3.63) is 29.8 Å². The Labute approximate surface area is 116 Å². The number of nitrogens with zero attached hydrogens (tertiary/aromatic N) is 1. The Bertz CT molecular complexity index is 348. The standard InChI is InChI=1S/C16H27FN2/c1-4-7-13(8-5-2)16(19-10-6-3)14-9-11-18-12-15(14)17/h9,11-13,16,19H,4-8,10H2,1-3H3. The summed E-state index contributed by atoms with van der Waals surface area (Å²) >= 11 is 0. The van der Waals surface area contributed by atoms with Crippen LogP contribution in [0.3, 0.4) is 0 Å². The summed E-state index contributed by atoms with van der Waals surface area (Å²) in [4.78, 5) is 3.86. The van der Waals surface area contributed by atoms with Crippen LogP contribution in [0.1, 0.15) is 64.5 Å². The number of pyridine rings is 1. The zero-order valence-electron chi connectivity index (χ0n) is 12.5. The summed E-state index contributed by atoms with van der Waals surface area (Å²) in [5.41, 5.74) is 0.773. The molecule has 0 saturated carbocycles. The van der Waals surface area contributed by atoms with Crippen molar-refractivity contribution in [2.24, 2.45) is 5.92 Å². The van der Waals surface area contributed by atoms with Crippen LogP contribution in [0.5, 0.6) is 0 Å². The molecule has 0 aromatic carbocycles. The van der Waals surface area contributed by atoms with E-state index in [1.54, 1.807) is 6.20 Å². The van der Waals surface area contributed by atoms with Crippen molar-refractivity contribution in [2.75, 3.05) is 6.54 Å². The van der Waals surface area contributed by atoms with Crippen LogP contribution in [-0.2, 0) is 0 Å². The predicted octanol–water partition coefficient (Wildman–Crippen LogP) is 4.48. The van der Waals surface area contributed by atoms with Gasteiger partial charge >= 0.3 is 0 Å². The van der Waals surface area contributed by atoms with E-state index in [-0.39, 0.29) is 11.9 Å². The quantitative estimate of drug-likeness (QED) is 0.713. The van der Waals surface area contributed by atoms with Gasteiger partial charge in [-0.15, -0.1) is 0 Å². The number of hydrogen-bond donors (Lipinski definition) is 1. The summed E-state index contributed by atoms with van der Waals surface area (Å²) in [7, 11) is 0. The van der Waals surface area contributed by atoms with Crippen LogP contribution in [0.15, 0.2) is 18.5 Å². The van der Waals surface area contributed by atoms with Crippen molar-refractivity contribution in [3.63, 3.8) is 0 Å². The van der Waals surface area contributed by atoms with Crippen molar-refractivity contribution in [2.45, 2.75) is 58.9 Å². The second-order valence-corrected chi connectivity index (χ2v) is 5.17. The van der Waals surface area contributed by atoms with Crippen LogP contribution in [0.25, 0.3) is 0 Å². The van der Waals surface area contributed by atoms with Crippen molar-refractivity contribution in [1.29, 1.82) is 0 Å². The van der Waals surface area contributed by atoms with E-state index in [4.69, 9.17) is 0 Å². The molecule has 0 aliphatic heterocycles. The van der Waals surface area contributed by atoms with Gasteiger partial charge in [0, 0.05) is 17.8 Å². The van der Waals surface area contributed by atoms with Gasteiger partial charge in [0.2, 0.25) is 0 Å². The average molecular weight is 266 g/mol. The van der Waals surface area contributed by atoms with Crippen molar-refractivity contribution in [1.82, 2.24) is 10.3 Å². The largest absolute Gasteiger partial charge is 0.310 e. The summed E-state index contributed by atoms with van der Waals surface area (Å²) < 4.78 is 14.0. The maximum atomic E-state index is 14.0. The SMILES string of the molecule is CCCNC(c1ccncc1F)C(CCC)CCC. The molecule has 2 nitrogen and oxygen atoms in total. The lowest BCUT2D eigenvalue weighted by Gasteiger charge is -2.28. The van der Waals surface area contributed by atoms with E-state index < -0.39 is 0 Å². The maximum Gasteiger partial charge on any atom is 0.146 e. The Kier molecular flexibility index (Phi) is 7.65. The van der Waals surface area contributed by atoms with Gasteiger partial charge in [0.05, 0.1) is 6.20 Å². The topological polar surface area (TPSA) is 24.9 Å². The fourth-order valence-electron chi connectivity index (χ4n) is 2.69. The summed E-state index contributed by atoms with van der Waals surface area (Å²) in [6, 6.07) is 1.93. The molecule has 0 bridgehead atoms. The molecule has 0 aliphatic rings. The second kappa shape index (κ2) is 9.03. The normalized spacial score (nSPS) is 12.9. The fourth-order valence-corrected chi connectivity index (χ4v) is 2.69. The van der Waals surface area contributed by atoms with Crippen LogP contribution < -0.4 is 5.32 Å². The minimum Gasteiger partial charge on any atom is -0.310 e. The molecule has 0 saturated heterocycles. The van der Waals surface area contributed by atoms with Gasteiger partial charge in [0.15, 0.2) is 0 Å². The Morgan fingerprint density at radius 2 is 1.84 bits per heavy atom. The fraction of sp³-hybridized carbons (Fsp3) is 0.688. The van der Waals surface area contributed by atoms with Crippen LogP contribution >= 0.6 is 0 Å². The molecule has 1 rings (SSSR count). The first kappa shape index (κ1) is 16.1. The van der Waals surface area contributed by atoms with Gasteiger partial charge in [-0.05, 0) is 37.8 Å². The number of hydrogen-bond acceptors (Lipinski definition) is 2. The van der Waals surface area contributed by atoms with Gasteiger partial charge in [0.1, 0.15) is 5.82 Å². The van der Waals surface area contributed by atoms with Crippen LogP contribution in [0.4, 0.5) is 4.39 Å². The first-order chi connectivity index (χ1) is 9.24. The van der Waals surface area contributed by atoms with Crippen molar-refractivity contribution >= 4 is 0 Å². The number of aromatic nitrogens is 1. The molecule has 0 aliphatic carbocycles. The zero-order valence-corrected chi connectivity index (χ0v) is 12.5. The zero-order chi connectivity index (χ0) is 14.1. The molecular formula is C16H27FN2. The third kappa shape index (κ3) is 4.90. The van der Waals surface area contributed by atoms with Crippen molar-refractivity contribution < 1.29 is 4.39 Å². The van der Waals surface area contributed by atoms with E-state index in [2.05, 4.69) is 31.1 Å². The molecule has 1 atom stereocenters. The highest BCUT2D eigenvalue weighted by atomic mass is 19.1. The molecule has 19 heavy (non-hydrogen) atoms. The van der Waals surface area contributed by atoms with E-state index in [0.717, 1.165) is 44.2 Å². The lowest BCUT2D eigenvalue weighted by Crippen LogP contribution is -2.30. The molecule has 0 spiro atoms. The maximum absolute atomic E-state index is 14.0. The third-order valence-electron chi connectivity index (χ3n) is 3.54. The molecule has 1 aromatic rings. The Hall–Kier alpha value is -0.960. The predicted molar refractivity (Wildman–Crippen MR) is 78.5 cm³/mol. The molecule has 0 radical (unpaired) electrons. The summed E-state index contributed by atoms with van der Waals surface area (Å²) in [5, 5.41) is 3.53. The molecule has 3 heteroatoms. The van der Waals surface area contributed by atoms with E-state index in [0.29, 0.717) is 5.92 Å². The minimum atomic E-state index is -0.187. The highest BCUT2D eigenvalue weighted by molar-refractivity contribution is 5.18. The molecule has 1 unspecified atom stereocenters. The number of nitrogens with one attached hydrogen (secondary N) is 1. The van der Waals surface area contributed by atoms with Crippen molar-refractivity contribution in [3.8, 4) is 0 Å². The molecular weight excluding hydrogens is 239 g/mol. The van der Waals surface area contributed by atoms with E-state index >= 15 is 0 Å². The Morgan fingerprint density at radius 1 is 1.16 bits per heavy atom. The molecule has 0 fully saturated rings. The Balaban J connectivity index is 2.94.